The number of nitrogens with two attached hydrogens (primary N) is 3. The number of aromatic nitrogens is 7. The lowest BCUT2D eigenvalue weighted by Gasteiger charge is -2.19. The minimum atomic E-state index is -4.63. The molecule has 4 rings (SSSR count). The molecule has 0 amide bonds. The van der Waals surface area contributed by atoms with Crippen LogP contribution in [0.4, 0.5) is 5.82 Å². The molecular weight excluding hydrogens is 472 g/mol. The largest absolute Gasteiger partial charge is 0.384 e. The van der Waals surface area contributed by atoms with E-state index in [1.807, 2.05) is 0 Å². The molecule has 0 atom stereocenters. The fraction of sp³-hybridized carbons (Fsp3) is 0.118. The Morgan fingerprint density at radius 3 is 2.30 bits per heavy atom. The van der Waals surface area contributed by atoms with Gasteiger partial charge >= 0.3 is 0 Å². The number of benzene rings is 1. The molecule has 0 saturated heterocycles. The first-order valence-electron chi connectivity index (χ1n) is 9.25. The van der Waals surface area contributed by atoms with Gasteiger partial charge in [-0.3, -0.25) is 0 Å². The average molecular weight is 491 g/mol. The van der Waals surface area contributed by atoms with Crippen molar-refractivity contribution in [2.45, 2.75) is 22.6 Å². The van der Waals surface area contributed by atoms with Crippen LogP contribution in [0.2, 0.25) is 0 Å². The van der Waals surface area contributed by atoms with Gasteiger partial charge in [-0.15, -0.1) is 10.2 Å². The maximum absolute atomic E-state index is 12.6. The summed E-state index contributed by atoms with van der Waals surface area (Å²) < 4.78 is 50.2. The van der Waals surface area contributed by atoms with E-state index in [1.54, 1.807) is 18.5 Å². The highest BCUT2D eigenvalue weighted by Gasteiger charge is 2.33. The Kier molecular flexibility index (Phi) is 5.66. The first-order chi connectivity index (χ1) is 15.6. The minimum Gasteiger partial charge on any atom is -0.384 e. The number of hydrogen-bond acceptors (Lipinski definition) is 10. The molecule has 4 aromatic rings. The second-order valence-corrected chi connectivity index (χ2v) is 9.97. The summed E-state index contributed by atoms with van der Waals surface area (Å²) in [5.74, 6) is 0.658. The van der Waals surface area contributed by atoms with Crippen molar-refractivity contribution in [1.82, 2.24) is 35.6 Å². The number of sulfonamides is 2. The Labute approximate surface area is 187 Å². The van der Waals surface area contributed by atoms with Crippen LogP contribution in [-0.4, -0.2) is 52.4 Å². The van der Waals surface area contributed by atoms with Crippen LogP contribution in [0, 0.1) is 0 Å². The van der Waals surface area contributed by atoms with Gasteiger partial charge in [0.15, 0.2) is 0 Å². The first kappa shape index (κ1) is 22.5. The third-order valence-electron chi connectivity index (χ3n) is 4.75. The zero-order valence-corrected chi connectivity index (χ0v) is 18.4. The van der Waals surface area contributed by atoms with Crippen LogP contribution < -0.4 is 16.0 Å². The molecule has 8 N–H and O–H groups in total. The molecule has 16 heteroatoms. The molecule has 172 valence electrons. The number of nitrogen functional groups attached to an aromatic ring is 1. The normalized spacial score (nSPS) is 12.2. The summed E-state index contributed by atoms with van der Waals surface area (Å²) in [6, 6.07) is 4.28. The first-order valence-corrected chi connectivity index (χ1v) is 12.3. The number of aromatic amines is 2. The SMILES string of the molecule is Nc1ccc(-c2c(CCc3ncc[nH]3)cc(S(N)(=O)=O)c(S(N)(=O)=O)c2-c2nn[nH]n2)cn1. The van der Waals surface area contributed by atoms with Crippen molar-refractivity contribution < 1.29 is 16.8 Å². The second kappa shape index (κ2) is 8.32. The topological polar surface area (TPSA) is 242 Å². The highest BCUT2D eigenvalue weighted by molar-refractivity contribution is 7.92. The van der Waals surface area contributed by atoms with E-state index < -0.39 is 29.8 Å². The fourth-order valence-corrected chi connectivity index (χ4v) is 5.62. The molecule has 33 heavy (non-hydrogen) atoms. The van der Waals surface area contributed by atoms with Gasteiger partial charge in [-0.1, -0.05) is 0 Å². The Morgan fingerprint density at radius 1 is 0.970 bits per heavy atom. The van der Waals surface area contributed by atoms with E-state index in [4.69, 9.17) is 16.0 Å². The fourth-order valence-electron chi connectivity index (χ4n) is 3.44. The standard InChI is InChI=1S/C17H18N10O4S2/c18-12-3-1-10(8-23-12)14-9(2-4-13-21-5-6-22-13)7-11(32(19,28)29)16(33(20,30)31)15(14)17-24-26-27-25-17/h1,3,5-8H,2,4H2,(H2,18,23)(H,21,22)(H2,19,28,29)(H2,20,30,31)(H,24,25,26,27). The number of rotatable bonds is 7. The van der Waals surface area contributed by atoms with E-state index in [-0.39, 0.29) is 29.2 Å². The van der Waals surface area contributed by atoms with E-state index in [2.05, 4.69) is 35.6 Å². The zero-order valence-electron chi connectivity index (χ0n) is 16.8. The minimum absolute atomic E-state index is 0.182. The maximum atomic E-state index is 12.6. The highest BCUT2D eigenvalue weighted by atomic mass is 32.2. The summed E-state index contributed by atoms with van der Waals surface area (Å²) in [5, 5.41) is 24.3. The van der Waals surface area contributed by atoms with E-state index in [0.717, 1.165) is 0 Å². The quantitative estimate of drug-likeness (QED) is 0.218. The van der Waals surface area contributed by atoms with Crippen LogP contribution in [-0.2, 0) is 32.9 Å². The molecule has 0 saturated carbocycles. The summed E-state index contributed by atoms with van der Waals surface area (Å²) in [6.07, 6.45) is 5.24. The van der Waals surface area contributed by atoms with Crippen molar-refractivity contribution in [3.8, 4) is 22.5 Å². The molecule has 14 nitrogen and oxygen atoms in total. The molecular formula is C17H18N10O4S2. The molecule has 0 aliphatic heterocycles. The lowest BCUT2D eigenvalue weighted by atomic mass is 9.92. The van der Waals surface area contributed by atoms with Gasteiger partial charge in [-0.05, 0) is 41.0 Å². The molecule has 0 radical (unpaired) electrons. The third-order valence-corrected chi connectivity index (χ3v) is 6.81. The van der Waals surface area contributed by atoms with Crippen LogP contribution in [0.1, 0.15) is 11.4 Å². The molecule has 0 aliphatic rings. The molecule has 0 aliphatic carbocycles. The number of tetrazole rings is 1. The predicted molar refractivity (Wildman–Crippen MR) is 116 cm³/mol. The third kappa shape index (κ3) is 4.58. The van der Waals surface area contributed by atoms with Crippen molar-refractivity contribution in [3.05, 3.63) is 48.2 Å². The molecule has 0 bridgehead atoms. The van der Waals surface area contributed by atoms with Crippen molar-refractivity contribution in [2.75, 3.05) is 5.73 Å². The van der Waals surface area contributed by atoms with Gasteiger partial charge in [0.25, 0.3) is 0 Å². The maximum Gasteiger partial charge on any atom is 0.240 e. The van der Waals surface area contributed by atoms with E-state index in [1.165, 1.54) is 18.3 Å². The lowest BCUT2D eigenvalue weighted by Crippen LogP contribution is -2.23. The Bertz CT molecular complexity index is 1500. The van der Waals surface area contributed by atoms with Gasteiger partial charge in [-0.25, -0.2) is 37.1 Å². The van der Waals surface area contributed by atoms with Crippen molar-refractivity contribution in [1.29, 1.82) is 0 Å². The Morgan fingerprint density at radius 2 is 1.76 bits per heavy atom. The lowest BCUT2D eigenvalue weighted by molar-refractivity contribution is 0.584. The molecule has 3 heterocycles. The van der Waals surface area contributed by atoms with Gasteiger partial charge in [0.2, 0.25) is 25.9 Å². The molecule has 3 aromatic heterocycles. The molecule has 1 aromatic carbocycles. The van der Waals surface area contributed by atoms with Crippen LogP contribution in [0.25, 0.3) is 22.5 Å². The summed E-state index contributed by atoms with van der Waals surface area (Å²) in [6.45, 7) is 0. The number of primary sulfonamides is 2. The van der Waals surface area contributed by atoms with Crippen molar-refractivity contribution in [2.24, 2.45) is 10.3 Å². The number of nitrogens with one attached hydrogen (secondary N) is 2. The number of pyridine rings is 1. The van der Waals surface area contributed by atoms with Gasteiger partial charge in [0, 0.05) is 30.6 Å². The van der Waals surface area contributed by atoms with Gasteiger partial charge < -0.3 is 10.7 Å². The molecule has 0 spiro atoms. The summed E-state index contributed by atoms with van der Waals surface area (Å²) in [5.41, 5.74) is 6.64. The molecule has 0 fully saturated rings. The Hall–Kier alpha value is -3.73. The van der Waals surface area contributed by atoms with E-state index in [0.29, 0.717) is 23.4 Å². The average Bonchev–Trinajstić information content (AvgIpc) is 3.44. The summed E-state index contributed by atoms with van der Waals surface area (Å²) in [7, 11) is -9.17. The van der Waals surface area contributed by atoms with Gasteiger partial charge in [-0.2, -0.15) is 5.21 Å². The van der Waals surface area contributed by atoms with Crippen molar-refractivity contribution >= 4 is 25.9 Å². The van der Waals surface area contributed by atoms with Crippen molar-refractivity contribution in [3.63, 3.8) is 0 Å². The number of nitrogens with zero attached hydrogens (tertiary/aromatic N) is 5. The number of H-pyrrole nitrogens is 2. The predicted octanol–water partition coefficient (Wildman–Crippen LogP) is -0.686. The van der Waals surface area contributed by atoms with Gasteiger partial charge in [0.1, 0.15) is 21.4 Å². The number of aryl methyl sites for hydroxylation is 2. The monoisotopic (exact) mass is 490 g/mol. The Balaban J connectivity index is 2.13. The second-order valence-electron chi connectivity index (χ2n) is 6.95. The number of anilines is 1. The number of hydrogen-bond donors (Lipinski definition) is 5. The summed E-state index contributed by atoms with van der Waals surface area (Å²) >= 11 is 0. The van der Waals surface area contributed by atoms with Crippen LogP contribution in [0.15, 0.2) is 46.6 Å². The number of imidazole rings is 1. The van der Waals surface area contributed by atoms with Crippen LogP contribution in [0.3, 0.4) is 0 Å². The molecule has 0 unspecified atom stereocenters. The van der Waals surface area contributed by atoms with Gasteiger partial charge in [0.05, 0.1) is 5.56 Å². The van der Waals surface area contributed by atoms with Crippen LogP contribution >= 0.6 is 0 Å². The summed E-state index contributed by atoms with van der Waals surface area (Å²) in [4.78, 5) is 9.75. The van der Waals surface area contributed by atoms with E-state index >= 15 is 0 Å². The van der Waals surface area contributed by atoms with E-state index in [9.17, 15) is 16.8 Å². The zero-order chi connectivity index (χ0) is 23.8. The van der Waals surface area contributed by atoms with Crippen LogP contribution in [0.5, 0.6) is 0 Å². The smallest absolute Gasteiger partial charge is 0.240 e. The highest BCUT2D eigenvalue weighted by Crippen LogP contribution is 2.41.